The summed E-state index contributed by atoms with van der Waals surface area (Å²) in [7, 11) is -3.18. The minimum atomic E-state index is -1.60. The third-order valence-electron chi connectivity index (χ3n) is 4.78. The van der Waals surface area contributed by atoms with E-state index in [1.165, 1.54) is 11.1 Å². The topological polar surface area (TPSA) is 18.5 Å². The van der Waals surface area contributed by atoms with E-state index in [9.17, 15) is 0 Å². The van der Waals surface area contributed by atoms with E-state index in [0.717, 1.165) is 6.61 Å². The van der Waals surface area contributed by atoms with E-state index in [4.69, 9.17) is 8.54 Å². The van der Waals surface area contributed by atoms with Gasteiger partial charge in [0.2, 0.25) is 0 Å². The number of hydrogen-bond donors (Lipinski definition) is 0. The molecule has 0 aromatic heterocycles. The van der Waals surface area contributed by atoms with E-state index < -0.39 is 27.1 Å². The fourth-order valence-corrected chi connectivity index (χ4v) is 12.4. The van der Waals surface area contributed by atoms with Crippen molar-refractivity contribution in [3.8, 4) is 0 Å². The third kappa shape index (κ3) is 6.35. The first kappa shape index (κ1) is 20.3. The van der Waals surface area contributed by atoms with Crippen molar-refractivity contribution in [3.05, 3.63) is 71.8 Å². The maximum absolute atomic E-state index is 6.36. The average Bonchev–Trinajstić information content (AvgIpc) is 2.59. The largest absolute Gasteiger partial charge is 0.458 e. The molecule has 5 heteroatoms. The highest BCUT2D eigenvalue weighted by Gasteiger charge is 2.31. The SMILES string of the molecule is CC([SiH2]OCC(c1ccccc1)c1ccccc1)[Si](C)(C)O[SiH](C)C. The number of hydrogen-bond acceptors (Lipinski definition) is 2. The second-order valence-electron chi connectivity index (χ2n) is 7.58. The fourth-order valence-electron chi connectivity index (χ4n) is 3.04. The van der Waals surface area contributed by atoms with Crippen LogP contribution in [-0.2, 0) is 8.54 Å². The maximum atomic E-state index is 6.36. The van der Waals surface area contributed by atoms with Crippen LogP contribution in [-0.4, -0.2) is 33.7 Å². The van der Waals surface area contributed by atoms with Crippen molar-refractivity contribution in [2.45, 2.75) is 44.2 Å². The van der Waals surface area contributed by atoms with Crippen molar-refractivity contribution in [1.82, 2.24) is 0 Å². The first-order chi connectivity index (χ1) is 11.9. The molecule has 1 unspecified atom stereocenters. The lowest BCUT2D eigenvalue weighted by atomic mass is 9.92. The fraction of sp³-hybridized carbons (Fsp3) is 0.400. The van der Waals surface area contributed by atoms with Crippen LogP contribution in [0.2, 0.25) is 31.4 Å². The van der Waals surface area contributed by atoms with Gasteiger partial charge in [0.25, 0.3) is 0 Å². The lowest BCUT2D eigenvalue weighted by Crippen LogP contribution is -2.42. The van der Waals surface area contributed by atoms with Crippen LogP contribution in [0.4, 0.5) is 0 Å². The molecule has 2 nitrogen and oxygen atoms in total. The van der Waals surface area contributed by atoms with Gasteiger partial charge in [-0.2, -0.15) is 0 Å². The first-order valence-corrected chi connectivity index (χ1v) is 16.4. The summed E-state index contributed by atoms with van der Waals surface area (Å²) < 4.78 is 12.7. The summed E-state index contributed by atoms with van der Waals surface area (Å²) in [5, 5.41) is 0.634. The van der Waals surface area contributed by atoms with Gasteiger partial charge in [-0.05, 0) is 42.5 Å². The van der Waals surface area contributed by atoms with Crippen LogP contribution < -0.4 is 0 Å². The molecule has 0 aliphatic rings. The van der Waals surface area contributed by atoms with Gasteiger partial charge in [-0.3, -0.25) is 0 Å². The van der Waals surface area contributed by atoms with E-state index in [1.54, 1.807) is 0 Å². The summed E-state index contributed by atoms with van der Waals surface area (Å²) in [6, 6.07) is 21.4. The van der Waals surface area contributed by atoms with Gasteiger partial charge in [0.1, 0.15) is 0 Å². The maximum Gasteiger partial charge on any atom is 0.175 e. The summed E-state index contributed by atoms with van der Waals surface area (Å²) in [6.07, 6.45) is 0. The van der Waals surface area contributed by atoms with Crippen LogP contribution >= 0.6 is 0 Å². The highest BCUT2D eigenvalue weighted by Crippen LogP contribution is 2.27. The van der Waals surface area contributed by atoms with Gasteiger partial charge >= 0.3 is 0 Å². The van der Waals surface area contributed by atoms with Crippen molar-refractivity contribution in [3.63, 3.8) is 0 Å². The summed E-state index contributed by atoms with van der Waals surface area (Å²) in [6.45, 7) is 12.4. The zero-order valence-electron chi connectivity index (χ0n) is 16.2. The third-order valence-corrected chi connectivity index (χ3v) is 15.9. The highest BCUT2D eigenvalue weighted by molar-refractivity contribution is 6.84. The van der Waals surface area contributed by atoms with E-state index in [1.807, 2.05) is 0 Å². The van der Waals surface area contributed by atoms with E-state index in [0.29, 0.717) is 11.1 Å². The zero-order chi connectivity index (χ0) is 18.3. The molecule has 0 radical (unpaired) electrons. The molecule has 136 valence electrons. The van der Waals surface area contributed by atoms with Crippen molar-refractivity contribution < 1.29 is 8.54 Å². The Morgan fingerprint density at radius 1 is 0.920 bits per heavy atom. The van der Waals surface area contributed by atoms with Gasteiger partial charge in [-0.15, -0.1) is 0 Å². The van der Waals surface area contributed by atoms with Crippen molar-refractivity contribution in [1.29, 1.82) is 0 Å². The molecule has 0 aliphatic heterocycles. The minimum Gasteiger partial charge on any atom is -0.458 e. The second-order valence-corrected chi connectivity index (χ2v) is 17.6. The summed E-state index contributed by atoms with van der Waals surface area (Å²) in [4.78, 5) is 0. The van der Waals surface area contributed by atoms with E-state index in [2.05, 4.69) is 93.8 Å². The molecule has 0 fully saturated rings. The minimum absolute atomic E-state index is 0.312. The Morgan fingerprint density at radius 2 is 1.40 bits per heavy atom. The van der Waals surface area contributed by atoms with Gasteiger partial charge in [0, 0.05) is 12.5 Å². The Hall–Kier alpha value is -0.989. The van der Waals surface area contributed by atoms with E-state index >= 15 is 0 Å². The van der Waals surface area contributed by atoms with E-state index in [-0.39, 0.29) is 0 Å². The summed E-state index contributed by atoms with van der Waals surface area (Å²) >= 11 is 0. The molecule has 0 spiro atoms. The quantitative estimate of drug-likeness (QED) is 0.590. The molecular formula is C20H32O2Si3. The van der Waals surface area contributed by atoms with Crippen LogP contribution in [0.15, 0.2) is 60.7 Å². The van der Waals surface area contributed by atoms with Crippen molar-refractivity contribution >= 4 is 27.1 Å². The Balaban J connectivity index is 2.02. The molecule has 0 saturated heterocycles. The van der Waals surface area contributed by atoms with Gasteiger partial charge in [0.15, 0.2) is 27.1 Å². The van der Waals surface area contributed by atoms with Crippen LogP contribution in [0.25, 0.3) is 0 Å². The predicted octanol–water partition coefficient (Wildman–Crippen LogP) is 4.47. The van der Waals surface area contributed by atoms with Gasteiger partial charge in [-0.25, -0.2) is 0 Å². The molecule has 0 bridgehead atoms. The molecule has 1 atom stereocenters. The van der Waals surface area contributed by atoms with Crippen LogP contribution in [0.5, 0.6) is 0 Å². The molecule has 0 aliphatic carbocycles. The molecule has 0 N–H and O–H groups in total. The predicted molar refractivity (Wildman–Crippen MR) is 116 cm³/mol. The highest BCUT2D eigenvalue weighted by atomic mass is 28.4. The molecule has 2 aromatic rings. The Bertz CT molecular complexity index is 578. The van der Waals surface area contributed by atoms with Gasteiger partial charge in [0.05, 0.1) is 0 Å². The molecular weight excluding hydrogens is 356 g/mol. The molecule has 0 saturated carbocycles. The molecule has 25 heavy (non-hydrogen) atoms. The van der Waals surface area contributed by atoms with Crippen LogP contribution in [0, 0.1) is 0 Å². The Kier molecular flexibility index (Phi) is 7.83. The van der Waals surface area contributed by atoms with Gasteiger partial charge in [-0.1, -0.05) is 67.6 Å². The molecule has 0 heterocycles. The Labute approximate surface area is 158 Å². The van der Waals surface area contributed by atoms with Crippen molar-refractivity contribution in [2.75, 3.05) is 6.61 Å². The average molecular weight is 389 g/mol. The van der Waals surface area contributed by atoms with Crippen molar-refractivity contribution in [2.24, 2.45) is 0 Å². The molecule has 0 amide bonds. The van der Waals surface area contributed by atoms with Crippen LogP contribution in [0.1, 0.15) is 24.0 Å². The van der Waals surface area contributed by atoms with Crippen LogP contribution in [0.3, 0.4) is 0 Å². The normalized spacial score (nSPS) is 13.9. The monoisotopic (exact) mass is 388 g/mol. The van der Waals surface area contributed by atoms with Gasteiger partial charge < -0.3 is 8.54 Å². The number of benzene rings is 2. The summed E-state index contributed by atoms with van der Waals surface area (Å²) in [5.41, 5.74) is 2.66. The lowest BCUT2D eigenvalue weighted by molar-refractivity contribution is 0.316. The second kappa shape index (κ2) is 9.64. The summed E-state index contributed by atoms with van der Waals surface area (Å²) in [5.74, 6) is 0.312. The smallest absolute Gasteiger partial charge is 0.175 e. The Morgan fingerprint density at radius 3 is 1.84 bits per heavy atom. The molecule has 2 rings (SSSR count). The number of rotatable bonds is 9. The standard InChI is InChI=1S/C20H32O2Si3/c1-17(25(4,5)22-24(2)3)23-21-16-20(18-12-8-6-9-13-18)19-14-10-7-11-15-19/h6-15,17,20,24H,16,23H2,1-5H3. The molecule has 2 aromatic carbocycles. The lowest BCUT2D eigenvalue weighted by Gasteiger charge is -2.32. The first-order valence-electron chi connectivity index (χ1n) is 9.25. The zero-order valence-corrected chi connectivity index (χ0v) is 19.8.